The van der Waals surface area contributed by atoms with Gasteiger partial charge in [0.15, 0.2) is 29.0 Å². The maximum Gasteiger partial charge on any atom is 0.287 e. The molecule has 1 aromatic carbocycles. The first-order valence-electron chi connectivity index (χ1n) is 7.37. The van der Waals surface area contributed by atoms with Gasteiger partial charge in [0.2, 0.25) is 11.7 Å². The molecule has 0 fully saturated rings. The van der Waals surface area contributed by atoms with Crippen LogP contribution in [-0.4, -0.2) is 30.8 Å². The lowest BCUT2D eigenvalue weighted by atomic mass is 10.2. The molecule has 150 valence electrons. The van der Waals surface area contributed by atoms with E-state index in [4.69, 9.17) is 4.42 Å². The summed E-state index contributed by atoms with van der Waals surface area (Å²) in [6.45, 7) is -1.24. The lowest BCUT2D eigenvalue weighted by Gasteiger charge is -2.12. The van der Waals surface area contributed by atoms with Gasteiger partial charge in [0.1, 0.15) is 5.69 Å². The lowest BCUT2D eigenvalue weighted by Crippen LogP contribution is -2.43. The van der Waals surface area contributed by atoms with Crippen LogP contribution < -0.4 is 21.5 Å². The van der Waals surface area contributed by atoms with Gasteiger partial charge in [-0.25, -0.2) is 22.0 Å². The molecule has 3 amide bonds. The summed E-state index contributed by atoms with van der Waals surface area (Å²) in [6.07, 6.45) is 1.25. The van der Waals surface area contributed by atoms with Gasteiger partial charge < -0.3 is 15.1 Å². The van der Waals surface area contributed by atoms with Crippen molar-refractivity contribution in [3.8, 4) is 0 Å². The molecule has 4 N–H and O–H groups in total. The Labute approximate surface area is 153 Å². The highest BCUT2D eigenvalue weighted by molar-refractivity contribution is 5.94. The molecule has 0 radical (unpaired) electrons. The molecule has 8 nitrogen and oxygen atoms in total. The van der Waals surface area contributed by atoms with Crippen molar-refractivity contribution in [2.45, 2.75) is 0 Å². The van der Waals surface area contributed by atoms with Crippen LogP contribution in [0.3, 0.4) is 0 Å². The molecular weight excluding hydrogens is 395 g/mol. The third-order valence-corrected chi connectivity index (χ3v) is 3.14. The Morgan fingerprint density at radius 1 is 0.821 bits per heavy atom. The Balaban J connectivity index is 1.80. The first kappa shape index (κ1) is 20.7. The van der Waals surface area contributed by atoms with Crippen LogP contribution in [0.1, 0.15) is 10.6 Å². The molecule has 0 aliphatic carbocycles. The number of amides is 3. The summed E-state index contributed by atoms with van der Waals surface area (Å²) < 4.78 is 70.5. The van der Waals surface area contributed by atoms with Crippen LogP contribution >= 0.6 is 0 Å². The first-order valence-corrected chi connectivity index (χ1v) is 7.37. The van der Waals surface area contributed by atoms with Gasteiger partial charge in [0.05, 0.1) is 19.4 Å². The van der Waals surface area contributed by atoms with Crippen molar-refractivity contribution in [1.29, 1.82) is 0 Å². The number of anilines is 1. The van der Waals surface area contributed by atoms with E-state index in [1.807, 2.05) is 5.32 Å². The van der Waals surface area contributed by atoms with Gasteiger partial charge in [-0.05, 0) is 12.1 Å². The fraction of sp³-hybridized carbons (Fsp3) is 0.133. The average molecular weight is 406 g/mol. The minimum absolute atomic E-state index is 0.0439. The van der Waals surface area contributed by atoms with Crippen molar-refractivity contribution < 1.29 is 40.8 Å². The van der Waals surface area contributed by atoms with E-state index in [0.717, 1.165) is 0 Å². The molecule has 0 spiro atoms. The number of benzene rings is 1. The van der Waals surface area contributed by atoms with Crippen molar-refractivity contribution in [3.63, 3.8) is 0 Å². The second-order valence-electron chi connectivity index (χ2n) is 5.05. The highest BCUT2D eigenvalue weighted by Gasteiger charge is 2.26. The fourth-order valence-corrected chi connectivity index (χ4v) is 1.79. The third kappa shape index (κ3) is 4.75. The first-order chi connectivity index (χ1) is 13.2. The van der Waals surface area contributed by atoms with Crippen LogP contribution in [0.4, 0.5) is 27.6 Å². The van der Waals surface area contributed by atoms with Gasteiger partial charge >= 0.3 is 0 Å². The van der Waals surface area contributed by atoms with Crippen LogP contribution in [-0.2, 0) is 9.59 Å². The number of carbonyl (C=O) groups excluding carboxylic acids is 3. The fourth-order valence-electron chi connectivity index (χ4n) is 1.79. The number of rotatable bonds is 7. The number of hydrazine groups is 1. The third-order valence-electron chi connectivity index (χ3n) is 3.14. The second-order valence-corrected chi connectivity index (χ2v) is 5.05. The highest BCUT2D eigenvalue weighted by Crippen LogP contribution is 2.26. The normalized spacial score (nSPS) is 10.3. The van der Waals surface area contributed by atoms with Crippen molar-refractivity contribution in [2.75, 3.05) is 18.5 Å². The minimum atomic E-state index is -2.35. The molecule has 1 aromatic heterocycles. The Bertz CT molecular complexity index is 875. The highest BCUT2D eigenvalue weighted by atomic mass is 19.2. The molecule has 2 aromatic rings. The number of hydrogen-bond donors (Lipinski definition) is 4. The van der Waals surface area contributed by atoms with Gasteiger partial charge in [-0.2, -0.15) is 0 Å². The predicted molar refractivity (Wildman–Crippen MR) is 82.0 cm³/mol. The van der Waals surface area contributed by atoms with Gasteiger partial charge in [0.25, 0.3) is 11.8 Å². The van der Waals surface area contributed by atoms with E-state index < -0.39 is 65.6 Å². The molecule has 0 atom stereocenters. The SMILES string of the molecule is O=C(CNC(=O)c1ccco1)NCC(=O)NNc1c(F)c(F)c(F)c(F)c1F. The summed E-state index contributed by atoms with van der Waals surface area (Å²) in [6, 6.07) is 2.81. The van der Waals surface area contributed by atoms with Crippen LogP contribution in [0.5, 0.6) is 0 Å². The van der Waals surface area contributed by atoms with E-state index in [1.165, 1.54) is 18.4 Å². The number of furan rings is 1. The van der Waals surface area contributed by atoms with E-state index in [9.17, 15) is 36.3 Å². The Hall–Kier alpha value is -3.64. The molecule has 0 bridgehead atoms. The monoisotopic (exact) mass is 406 g/mol. The minimum Gasteiger partial charge on any atom is -0.459 e. The summed E-state index contributed by atoms with van der Waals surface area (Å²) in [5.41, 5.74) is 1.74. The summed E-state index contributed by atoms with van der Waals surface area (Å²) in [5, 5.41) is 4.24. The van der Waals surface area contributed by atoms with E-state index in [0.29, 0.717) is 0 Å². The molecule has 28 heavy (non-hydrogen) atoms. The number of carbonyl (C=O) groups is 3. The summed E-state index contributed by atoms with van der Waals surface area (Å²) in [5.74, 6) is -13.7. The molecule has 2 rings (SSSR count). The summed E-state index contributed by atoms with van der Waals surface area (Å²) in [7, 11) is 0. The Morgan fingerprint density at radius 2 is 1.39 bits per heavy atom. The number of halogens is 5. The average Bonchev–Trinajstić information content (AvgIpc) is 3.22. The van der Waals surface area contributed by atoms with Crippen LogP contribution in [0.2, 0.25) is 0 Å². The maximum atomic E-state index is 13.4. The largest absolute Gasteiger partial charge is 0.459 e. The second kappa shape index (κ2) is 8.83. The molecule has 13 heteroatoms. The van der Waals surface area contributed by atoms with Gasteiger partial charge in [-0.15, -0.1) is 0 Å². The van der Waals surface area contributed by atoms with Crippen molar-refractivity contribution in [2.24, 2.45) is 0 Å². The summed E-state index contributed by atoms with van der Waals surface area (Å²) >= 11 is 0. The van der Waals surface area contributed by atoms with Crippen molar-refractivity contribution in [3.05, 3.63) is 53.2 Å². The number of hydrogen-bond acceptors (Lipinski definition) is 5. The molecular formula is C15H11F5N4O4. The predicted octanol–water partition coefficient (Wildman–Crippen LogP) is 0.964. The van der Waals surface area contributed by atoms with Crippen LogP contribution in [0.25, 0.3) is 0 Å². The van der Waals surface area contributed by atoms with Crippen LogP contribution in [0, 0.1) is 29.1 Å². The van der Waals surface area contributed by atoms with Gasteiger partial charge in [-0.3, -0.25) is 25.2 Å². The lowest BCUT2D eigenvalue weighted by molar-refractivity contribution is -0.125. The zero-order valence-corrected chi connectivity index (χ0v) is 13.7. The van der Waals surface area contributed by atoms with E-state index in [-0.39, 0.29) is 5.76 Å². The quantitative estimate of drug-likeness (QED) is 0.237. The zero-order chi connectivity index (χ0) is 20.8. The standard InChI is InChI=1S/C15H11F5N4O4/c16-9-10(17)12(19)14(13(20)11(9)18)24-23-8(26)5-21-7(25)4-22-15(27)6-2-1-3-28-6/h1-3,24H,4-5H2,(H,21,25)(H,22,27)(H,23,26). The van der Waals surface area contributed by atoms with E-state index in [2.05, 4.69) is 5.32 Å². The molecule has 0 saturated heterocycles. The Morgan fingerprint density at radius 3 is 1.96 bits per heavy atom. The number of nitrogens with one attached hydrogen (secondary N) is 4. The molecule has 0 unspecified atom stereocenters. The van der Waals surface area contributed by atoms with E-state index >= 15 is 0 Å². The molecule has 0 aliphatic rings. The van der Waals surface area contributed by atoms with Crippen molar-refractivity contribution in [1.82, 2.24) is 16.1 Å². The van der Waals surface area contributed by atoms with Crippen LogP contribution in [0.15, 0.2) is 22.8 Å². The van der Waals surface area contributed by atoms with Gasteiger partial charge in [0, 0.05) is 0 Å². The maximum absolute atomic E-state index is 13.4. The zero-order valence-electron chi connectivity index (χ0n) is 13.7. The van der Waals surface area contributed by atoms with Gasteiger partial charge in [-0.1, -0.05) is 0 Å². The molecule has 0 saturated carbocycles. The molecule has 1 heterocycles. The smallest absolute Gasteiger partial charge is 0.287 e. The topological polar surface area (TPSA) is 112 Å². The Kier molecular flexibility index (Phi) is 6.52. The summed E-state index contributed by atoms with van der Waals surface area (Å²) in [4.78, 5) is 34.5. The van der Waals surface area contributed by atoms with Crippen molar-refractivity contribution >= 4 is 23.4 Å². The van der Waals surface area contributed by atoms with E-state index in [1.54, 1.807) is 10.9 Å². The molecule has 0 aliphatic heterocycles.